The molecule has 0 aliphatic carbocycles. The molecule has 6 aromatic heterocycles. The lowest BCUT2D eigenvalue weighted by Crippen LogP contribution is -2.00. The molecule has 0 radical (unpaired) electrons. The van der Waals surface area contributed by atoms with Crippen LogP contribution in [0.2, 0.25) is 0 Å². The molecule has 0 saturated heterocycles. The normalized spacial score (nSPS) is 11.1. The van der Waals surface area contributed by atoms with Crippen LogP contribution < -0.4 is 0 Å². The summed E-state index contributed by atoms with van der Waals surface area (Å²) in [6.07, 6.45) is 1.84. The van der Waals surface area contributed by atoms with Crippen LogP contribution in [0.1, 0.15) is 22.8 Å². The van der Waals surface area contributed by atoms with Gasteiger partial charge in [-0.25, -0.2) is 54.8 Å². The Hall–Kier alpha value is -18.6. The molecule has 0 N–H and O–H groups in total. The van der Waals surface area contributed by atoms with E-state index in [1.807, 2.05) is 233 Å². The van der Waals surface area contributed by atoms with Gasteiger partial charge in [0.15, 0.2) is 58.2 Å². The summed E-state index contributed by atoms with van der Waals surface area (Å²) in [7, 11) is 0. The van der Waals surface area contributed by atoms with Crippen molar-refractivity contribution in [2.24, 2.45) is 0 Å². The Morgan fingerprint density at radius 2 is 0.421 bits per heavy atom. The second-order valence-corrected chi connectivity index (χ2v) is 34.7. The van der Waals surface area contributed by atoms with Gasteiger partial charge in [-0.1, -0.05) is 376 Å². The van der Waals surface area contributed by atoms with Crippen LogP contribution in [-0.2, 0) is 0 Å². The van der Waals surface area contributed by atoms with Gasteiger partial charge >= 0.3 is 0 Å². The first-order chi connectivity index (χ1) is 69.0. The summed E-state index contributed by atoms with van der Waals surface area (Å²) in [4.78, 5) is 63.8. The van der Waals surface area contributed by atoms with Crippen molar-refractivity contribution in [3.63, 3.8) is 0 Å². The van der Waals surface area contributed by atoms with Gasteiger partial charge in [0.2, 0.25) is 0 Å². The Labute approximate surface area is 812 Å². The van der Waals surface area contributed by atoms with E-state index in [1.54, 1.807) is 0 Å². The zero-order valence-electron chi connectivity index (χ0n) is 77.3. The molecular formula is C127H89N13. The van der Waals surface area contributed by atoms with E-state index in [2.05, 4.69) is 277 Å². The molecule has 24 aromatic rings. The average Bonchev–Trinajstić information content (AvgIpc) is 0.757. The number of aromatic nitrogens is 13. The van der Waals surface area contributed by atoms with Crippen molar-refractivity contribution in [2.75, 3.05) is 0 Å². The van der Waals surface area contributed by atoms with Crippen molar-refractivity contribution in [3.8, 4) is 192 Å². The Balaban J connectivity index is 0.000000121. The molecule has 13 nitrogen and oxygen atoms in total. The summed E-state index contributed by atoms with van der Waals surface area (Å²) in [6.45, 7) is 8.07. The van der Waals surface area contributed by atoms with Gasteiger partial charge in [0.25, 0.3) is 0 Å². The van der Waals surface area contributed by atoms with E-state index in [-0.39, 0.29) is 0 Å². The van der Waals surface area contributed by atoms with Crippen LogP contribution in [0.4, 0.5) is 0 Å². The fourth-order valence-electron chi connectivity index (χ4n) is 18.3. The van der Waals surface area contributed by atoms with Gasteiger partial charge < -0.3 is 0 Å². The molecule has 6 heterocycles. The van der Waals surface area contributed by atoms with Crippen molar-refractivity contribution >= 4 is 43.1 Å². The molecule has 0 fully saturated rings. The van der Waals surface area contributed by atoms with E-state index < -0.39 is 0 Å². The lowest BCUT2D eigenvalue weighted by Gasteiger charge is -2.15. The van der Waals surface area contributed by atoms with Gasteiger partial charge in [-0.3, -0.25) is 9.97 Å². The van der Waals surface area contributed by atoms with E-state index >= 15 is 0 Å². The van der Waals surface area contributed by atoms with Gasteiger partial charge in [0.05, 0.1) is 5.69 Å². The molecule has 0 atom stereocenters. The first-order valence-corrected chi connectivity index (χ1v) is 46.8. The first kappa shape index (κ1) is 86.8. The minimum Gasteiger partial charge on any atom is -0.261 e. The summed E-state index contributed by atoms with van der Waals surface area (Å²) in [5.41, 5.74) is 28.5. The monoisotopic (exact) mass is 1800 g/mol. The second kappa shape index (κ2) is 39.2. The van der Waals surface area contributed by atoms with Gasteiger partial charge in [-0.15, -0.1) is 0 Å². The van der Waals surface area contributed by atoms with Crippen LogP contribution >= 0.6 is 0 Å². The Bertz CT molecular complexity index is 8490. The van der Waals surface area contributed by atoms with E-state index in [0.717, 1.165) is 162 Å². The molecule has 18 aromatic carbocycles. The molecule has 0 unspecified atom stereocenters. The summed E-state index contributed by atoms with van der Waals surface area (Å²) in [5.74, 6) is 6.41. The van der Waals surface area contributed by atoms with E-state index in [4.69, 9.17) is 49.8 Å². The third-order valence-electron chi connectivity index (χ3n) is 25.1. The van der Waals surface area contributed by atoms with Crippen molar-refractivity contribution in [3.05, 3.63) is 490 Å². The summed E-state index contributed by atoms with van der Waals surface area (Å²) in [6, 6.07) is 159. The molecule has 24 rings (SSSR count). The minimum absolute atomic E-state index is 0.617. The van der Waals surface area contributed by atoms with Crippen LogP contribution in [0.5, 0.6) is 0 Å². The molecule has 0 spiro atoms. The van der Waals surface area contributed by atoms with Crippen LogP contribution in [0.25, 0.3) is 235 Å². The summed E-state index contributed by atoms with van der Waals surface area (Å²) in [5, 5.41) is 9.65. The molecule has 13 heteroatoms. The molecular weight excluding hydrogens is 1710 g/mol. The third-order valence-corrected chi connectivity index (χ3v) is 25.1. The largest absolute Gasteiger partial charge is 0.261 e. The number of fused-ring (bicyclic) bond motifs is 5. The number of benzene rings is 18. The van der Waals surface area contributed by atoms with Gasteiger partial charge in [-0.2, -0.15) is 0 Å². The lowest BCUT2D eigenvalue weighted by molar-refractivity contribution is 1.06. The standard InChI is InChI=1S/C47H32N4.C43H31N5.C37H26N4/c1-31-40(21-12-26-48-31)33-24-22-32(23-25-33)37-27-38(44-30-36-17-8-9-18-41(36)42-19-10-11-20-43(42)44)29-39(28-37)47-50-45(34-13-4-2-5-14-34)49-46(51-47)35-15-6-3-7-16-35;1-28-24-29(2)45-40(44-28)34-22-20-30(21-23-34)35-25-36(39-19-11-17-31-12-9-10-18-38(31)39)27-37(26-35)43-47-41(32-13-5-3-6-14-32)46-42(48-43)33-15-7-4-8-16-33;1-25-12-10-21-34(38-25)30-22-29(33-20-11-18-26-13-8-9-19-32(26)33)23-31(24-30)37-40-35(27-14-4-2-5-15-27)39-36(41-37)28-16-6-3-7-17-28/h2-30H,1H3;3-27H,1-2H3;2-24H,1H3. The number of hydrogen-bond donors (Lipinski definition) is 0. The van der Waals surface area contributed by atoms with Crippen LogP contribution in [-0.4, -0.2) is 64.8 Å². The zero-order chi connectivity index (χ0) is 94.2. The number of pyridine rings is 2. The Morgan fingerprint density at radius 3 is 0.829 bits per heavy atom. The minimum atomic E-state index is 0.617. The highest BCUT2D eigenvalue weighted by atomic mass is 15.1. The van der Waals surface area contributed by atoms with E-state index in [0.29, 0.717) is 52.4 Å². The van der Waals surface area contributed by atoms with Crippen molar-refractivity contribution in [1.82, 2.24) is 64.8 Å². The van der Waals surface area contributed by atoms with Crippen LogP contribution in [0.3, 0.4) is 0 Å². The summed E-state index contributed by atoms with van der Waals surface area (Å²) < 4.78 is 0. The Morgan fingerprint density at radius 1 is 0.136 bits per heavy atom. The number of rotatable bonds is 17. The molecule has 0 bridgehead atoms. The average molecular weight is 1800 g/mol. The number of hydrogen-bond acceptors (Lipinski definition) is 13. The molecule has 0 amide bonds. The number of nitrogens with zero attached hydrogens (tertiary/aromatic N) is 13. The predicted octanol–water partition coefficient (Wildman–Crippen LogP) is 31.4. The Kier molecular flexibility index (Phi) is 24.3. The molecule has 0 aliphatic heterocycles. The SMILES string of the molecule is Cc1cc(C)nc(-c2ccc(-c3cc(-c4nc(-c5ccccc5)nc(-c5ccccc5)n4)cc(-c4cccc5ccccc45)c3)cc2)n1.Cc1cccc(-c2cc(-c3nc(-c4ccccc4)nc(-c4ccccc4)n3)cc(-c3cccc4ccccc34)c2)n1.Cc1ncccc1-c1ccc(-c2cc(-c3nc(-c4ccccc4)nc(-c4ccccc4)n3)cc(-c3cc4ccccc4c4ccccc34)c2)cc1. The fraction of sp³-hybridized carbons (Fsp3) is 0.0315. The molecule has 140 heavy (non-hydrogen) atoms. The maximum atomic E-state index is 5.12. The quantitative estimate of drug-likeness (QED) is 0.0791. The molecule has 0 aliphatic rings. The third kappa shape index (κ3) is 18.8. The second-order valence-electron chi connectivity index (χ2n) is 34.7. The highest BCUT2D eigenvalue weighted by Gasteiger charge is 2.23. The zero-order valence-corrected chi connectivity index (χ0v) is 77.3. The lowest BCUT2D eigenvalue weighted by atomic mass is 9.90. The van der Waals surface area contributed by atoms with Crippen LogP contribution in [0.15, 0.2) is 467 Å². The smallest absolute Gasteiger partial charge is 0.164 e. The maximum absolute atomic E-state index is 5.12. The first-order valence-electron chi connectivity index (χ1n) is 46.8. The van der Waals surface area contributed by atoms with Gasteiger partial charge in [-0.05, 0) is 217 Å². The maximum Gasteiger partial charge on any atom is 0.164 e. The van der Waals surface area contributed by atoms with Crippen molar-refractivity contribution in [1.29, 1.82) is 0 Å². The van der Waals surface area contributed by atoms with E-state index in [1.165, 1.54) is 43.1 Å². The van der Waals surface area contributed by atoms with Gasteiger partial charge in [0, 0.05) is 95.7 Å². The highest BCUT2D eigenvalue weighted by Crippen LogP contribution is 2.44. The summed E-state index contributed by atoms with van der Waals surface area (Å²) >= 11 is 0. The highest BCUT2D eigenvalue weighted by molar-refractivity contribution is 6.14. The number of aryl methyl sites for hydroxylation is 4. The molecule has 0 saturated carbocycles. The fourth-order valence-corrected chi connectivity index (χ4v) is 18.3. The van der Waals surface area contributed by atoms with E-state index in [9.17, 15) is 0 Å². The van der Waals surface area contributed by atoms with Crippen molar-refractivity contribution in [2.45, 2.75) is 27.7 Å². The van der Waals surface area contributed by atoms with Crippen LogP contribution in [0, 0.1) is 27.7 Å². The van der Waals surface area contributed by atoms with Crippen molar-refractivity contribution < 1.29 is 0 Å². The molecule has 662 valence electrons. The van der Waals surface area contributed by atoms with Gasteiger partial charge in [0.1, 0.15) is 0 Å². The predicted molar refractivity (Wildman–Crippen MR) is 572 cm³/mol. The topological polar surface area (TPSA) is 168 Å².